The Hall–Kier alpha value is -0.390. The Morgan fingerprint density at radius 2 is 1.78 bits per heavy atom. The van der Waals surface area contributed by atoms with Gasteiger partial charge >= 0.3 is 0 Å². The van der Waals surface area contributed by atoms with E-state index in [-0.39, 0.29) is 0 Å². The molecule has 0 amide bonds. The summed E-state index contributed by atoms with van der Waals surface area (Å²) in [4.78, 5) is 3.07. The van der Waals surface area contributed by atoms with Crippen LogP contribution in [0.15, 0.2) is 38.0 Å². The van der Waals surface area contributed by atoms with Gasteiger partial charge < -0.3 is 4.90 Å². The van der Waals surface area contributed by atoms with Crippen LogP contribution in [0.1, 0.15) is 13.8 Å². The maximum atomic E-state index is 12.5. The standard InChI is InChI=1S/C13H21BrN2OS/c1-4-16(5-2)11-10-15-18(3,17)13-8-6-12(14)7-9-13/h6-9H,4-5,10-11H2,1-3H3. The second-order valence-electron chi connectivity index (χ2n) is 4.14. The van der Waals surface area contributed by atoms with Crippen LogP contribution in [0.5, 0.6) is 0 Å². The summed E-state index contributed by atoms with van der Waals surface area (Å²) in [6, 6.07) is 7.54. The van der Waals surface area contributed by atoms with Gasteiger partial charge in [-0.25, -0.2) is 8.57 Å². The lowest BCUT2D eigenvalue weighted by atomic mass is 10.4. The van der Waals surface area contributed by atoms with E-state index in [0.717, 1.165) is 29.0 Å². The highest BCUT2D eigenvalue weighted by Gasteiger charge is 2.05. The van der Waals surface area contributed by atoms with Crippen molar-refractivity contribution < 1.29 is 4.21 Å². The number of nitrogens with zero attached hydrogens (tertiary/aromatic N) is 2. The van der Waals surface area contributed by atoms with Crippen LogP contribution in [0, 0.1) is 0 Å². The van der Waals surface area contributed by atoms with Crippen LogP contribution < -0.4 is 0 Å². The highest BCUT2D eigenvalue weighted by molar-refractivity contribution is 9.10. The van der Waals surface area contributed by atoms with Crippen molar-refractivity contribution in [2.24, 2.45) is 4.36 Å². The van der Waals surface area contributed by atoms with Crippen LogP contribution in [-0.4, -0.2) is 41.5 Å². The van der Waals surface area contributed by atoms with Crippen LogP contribution in [0.4, 0.5) is 0 Å². The molecule has 0 aliphatic rings. The largest absolute Gasteiger partial charge is 0.302 e. The fraction of sp³-hybridized carbons (Fsp3) is 0.538. The summed E-state index contributed by atoms with van der Waals surface area (Å²) in [5, 5.41) is 0. The molecule has 0 aliphatic carbocycles. The second kappa shape index (κ2) is 7.26. The number of hydrogen-bond donors (Lipinski definition) is 0. The molecule has 0 aromatic heterocycles. The van der Waals surface area contributed by atoms with E-state index in [1.54, 1.807) is 6.26 Å². The molecular formula is C13H21BrN2OS. The third-order valence-electron chi connectivity index (χ3n) is 2.90. The average molecular weight is 333 g/mol. The van der Waals surface area contributed by atoms with Crippen LogP contribution in [0.2, 0.25) is 0 Å². The van der Waals surface area contributed by atoms with Crippen molar-refractivity contribution in [1.29, 1.82) is 0 Å². The Balaban J connectivity index is 2.74. The fourth-order valence-electron chi connectivity index (χ4n) is 1.66. The summed E-state index contributed by atoms with van der Waals surface area (Å²) in [5.74, 6) is 0. The Kier molecular flexibility index (Phi) is 6.32. The lowest BCUT2D eigenvalue weighted by Crippen LogP contribution is -2.26. The summed E-state index contributed by atoms with van der Waals surface area (Å²) in [6.07, 6.45) is 1.71. The topological polar surface area (TPSA) is 32.7 Å². The molecule has 5 heteroatoms. The first-order valence-electron chi connectivity index (χ1n) is 6.15. The maximum absolute atomic E-state index is 12.5. The van der Waals surface area contributed by atoms with Crippen molar-refractivity contribution in [2.75, 3.05) is 32.4 Å². The minimum absolute atomic E-state index is 0.618. The van der Waals surface area contributed by atoms with E-state index < -0.39 is 9.73 Å². The number of benzene rings is 1. The van der Waals surface area contributed by atoms with Gasteiger partial charge in [0.1, 0.15) is 0 Å². The van der Waals surface area contributed by atoms with E-state index in [0.29, 0.717) is 6.54 Å². The molecule has 0 saturated carbocycles. The summed E-state index contributed by atoms with van der Waals surface area (Å²) in [7, 11) is -2.26. The molecule has 0 aliphatic heterocycles. The molecule has 1 atom stereocenters. The lowest BCUT2D eigenvalue weighted by Gasteiger charge is -2.16. The monoisotopic (exact) mass is 332 g/mol. The van der Waals surface area contributed by atoms with Gasteiger partial charge in [-0.2, -0.15) is 0 Å². The van der Waals surface area contributed by atoms with Gasteiger partial charge in [-0.3, -0.25) is 0 Å². The molecule has 0 fully saturated rings. The summed E-state index contributed by atoms with van der Waals surface area (Å²) >= 11 is 3.37. The maximum Gasteiger partial charge on any atom is 0.0723 e. The first-order valence-corrected chi connectivity index (χ1v) is 8.87. The fourth-order valence-corrected chi connectivity index (χ4v) is 3.14. The molecule has 3 nitrogen and oxygen atoms in total. The molecule has 0 radical (unpaired) electrons. The molecule has 0 N–H and O–H groups in total. The van der Waals surface area contributed by atoms with Crippen molar-refractivity contribution in [3.63, 3.8) is 0 Å². The molecule has 0 heterocycles. The first kappa shape index (κ1) is 15.7. The van der Waals surface area contributed by atoms with Gasteiger partial charge in [-0.1, -0.05) is 29.8 Å². The van der Waals surface area contributed by atoms with Gasteiger partial charge in [0, 0.05) is 22.2 Å². The van der Waals surface area contributed by atoms with Crippen LogP contribution in [0.25, 0.3) is 0 Å². The van der Waals surface area contributed by atoms with Crippen LogP contribution >= 0.6 is 15.9 Å². The lowest BCUT2D eigenvalue weighted by molar-refractivity contribution is 0.313. The Morgan fingerprint density at radius 1 is 1.22 bits per heavy atom. The molecule has 1 rings (SSSR count). The van der Waals surface area contributed by atoms with Gasteiger partial charge in [0.15, 0.2) is 0 Å². The van der Waals surface area contributed by atoms with E-state index in [1.165, 1.54) is 0 Å². The smallest absolute Gasteiger partial charge is 0.0723 e. The number of likely N-dealkylation sites (N-methyl/N-ethyl adjacent to an activating group) is 1. The van der Waals surface area contributed by atoms with Crippen LogP contribution in [0.3, 0.4) is 0 Å². The zero-order valence-corrected chi connectivity index (χ0v) is 13.6. The highest BCUT2D eigenvalue weighted by atomic mass is 79.9. The van der Waals surface area contributed by atoms with E-state index >= 15 is 0 Å². The summed E-state index contributed by atoms with van der Waals surface area (Å²) in [6.45, 7) is 7.76. The van der Waals surface area contributed by atoms with Crippen molar-refractivity contribution >= 4 is 25.7 Å². The average Bonchev–Trinajstić information content (AvgIpc) is 2.35. The van der Waals surface area contributed by atoms with Gasteiger partial charge in [0.2, 0.25) is 0 Å². The molecular weight excluding hydrogens is 312 g/mol. The van der Waals surface area contributed by atoms with Crippen molar-refractivity contribution in [3.8, 4) is 0 Å². The summed E-state index contributed by atoms with van der Waals surface area (Å²) < 4.78 is 17.8. The van der Waals surface area contributed by atoms with E-state index in [1.807, 2.05) is 24.3 Å². The quantitative estimate of drug-likeness (QED) is 0.801. The normalized spacial score (nSPS) is 14.5. The molecule has 0 saturated heterocycles. The number of rotatable bonds is 6. The molecule has 18 heavy (non-hydrogen) atoms. The molecule has 0 spiro atoms. The zero-order chi connectivity index (χ0) is 13.6. The Bertz CT molecular complexity index is 474. The predicted molar refractivity (Wildman–Crippen MR) is 81.6 cm³/mol. The molecule has 1 aromatic rings. The van der Waals surface area contributed by atoms with Gasteiger partial charge in [-0.15, -0.1) is 0 Å². The second-order valence-corrected chi connectivity index (χ2v) is 7.39. The minimum atomic E-state index is -2.26. The highest BCUT2D eigenvalue weighted by Crippen LogP contribution is 2.16. The van der Waals surface area contributed by atoms with E-state index in [4.69, 9.17) is 0 Å². The minimum Gasteiger partial charge on any atom is -0.302 e. The van der Waals surface area contributed by atoms with Crippen molar-refractivity contribution in [1.82, 2.24) is 4.90 Å². The van der Waals surface area contributed by atoms with Crippen LogP contribution in [-0.2, 0) is 9.73 Å². The van der Waals surface area contributed by atoms with Gasteiger partial charge in [0.05, 0.1) is 16.3 Å². The van der Waals surface area contributed by atoms with Gasteiger partial charge in [-0.05, 0) is 37.4 Å². The number of hydrogen-bond acceptors (Lipinski definition) is 3. The third-order valence-corrected chi connectivity index (χ3v) is 5.25. The SMILES string of the molecule is CCN(CC)CCN=S(C)(=O)c1ccc(Br)cc1. The molecule has 1 unspecified atom stereocenters. The Labute approximate surface area is 119 Å². The van der Waals surface area contributed by atoms with Gasteiger partial charge in [0.25, 0.3) is 0 Å². The predicted octanol–water partition coefficient (Wildman–Crippen LogP) is 3.25. The number of halogens is 1. The van der Waals surface area contributed by atoms with Crippen molar-refractivity contribution in [2.45, 2.75) is 18.7 Å². The molecule has 1 aromatic carbocycles. The molecule has 102 valence electrons. The third kappa shape index (κ3) is 4.71. The molecule has 0 bridgehead atoms. The summed E-state index contributed by atoms with van der Waals surface area (Å²) in [5.41, 5.74) is 0. The van der Waals surface area contributed by atoms with Crippen molar-refractivity contribution in [3.05, 3.63) is 28.7 Å². The first-order chi connectivity index (χ1) is 8.49. The zero-order valence-electron chi connectivity index (χ0n) is 11.2. The van der Waals surface area contributed by atoms with E-state index in [9.17, 15) is 4.21 Å². The van der Waals surface area contributed by atoms with E-state index in [2.05, 4.69) is 39.0 Å². The Morgan fingerprint density at radius 3 is 2.28 bits per heavy atom.